The van der Waals surface area contributed by atoms with E-state index < -0.39 is 4.92 Å². The van der Waals surface area contributed by atoms with Crippen molar-refractivity contribution in [3.63, 3.8) is 0 Å². The molecule has 0 atom stereocenters. The molecule has 1 heterocycles. The number of carbonyl (C=O) groups is 1. The maximum Gasteiger partial charge on any atom is 0.271 e. The number of benzene rings is 2. The first-order valence-electron chi connectivity index (χ1n) is 8.24. The molecule has 1 N–H and O–H groups in total. The SMILES string of the molecule is CC(=O)N(c1cccc(C)c1)c1nc(CNc2cccc([N+](=O)[O-])c2)cs1. The summed E-state index contributed by atoms with van der Waals surface area (Å²) in [6, 6.07) is 14.0. The highest BCUT2D eigenvalue weighted by Gasteiger charge is 2.18. The molecule has 0 radical (unpaired) electrons. The van der Waals surface area contributed by atoms with E-state index in [0.717, 1.165) is 16.9 Å². The molecule has 7 nitrogen and oxygen atoms in total. The minimum Gasteiger partial charge on any atom is -0.379 e. The lowest BCUT2D eigenvalue weighted by atomic mass is 10.2. The van der Waals surface area contributed by atoms with Crippen molar-refractivity contribution in [1.29, 1.82) is 0 Å². The van der Waals surface area contributed by atoms with Crippen LogP contribution in [0.5, 0.6) is 0 Å². The zero-order chi connectivity index (χ0) is 19.4. The number of anilines is 3. The molecule has 3 aromatic rings. The third kappa shape index (κ3) is 4.48. The number of aryl methyl sites for hydroxylation is 1. The molecule has 0 unspecified atom stereocenters. The summed E-state index contributed by atoms with van der Waals surface area (Å²) in [7, 11) is 0. The molecule has 0 aliphatic carbocycles. The van der Waals surface area contributed by atoms with Crippen LogP contribution < -0.4 is 10.2 Å². The predicted octanol–water partition coefficient (Wildman–Crippen LogP) is 4.66. The third-order valence-corrected chi connectivity index (χ3v) is 4.71. The summed E-state index contributed by atoms with van der Waals surface area (Å²) in [6.45, 7) is 3.88. The van der Waals surface area contributed by atoms with Crippen LogP contribution in [0.1, 0.15) is 18.2 Å². The van der Waals surface area contributed by atoms with E-state index in [1.54, 1.807) is 17.0 Å². The number of thiazole rings is 1. The average Bonchev–Trinajstić information content (AvgIpc) is 3.08. The molecule has 27 heavy (non-hydrogen) atoms. The van der Waals surface area contributed by atoms with Crippen molar-refractivity contribution >= 4 is 39.4 Å². The summed E-state index contributed by atoms with van der Waals surface area (Å²) in [5, 5.41) is 16.4. The lowest BCUT2D eigenvalue weighted by Crippen LogP contribution is -2.22. The third-order valence-electron chi connectivity index (χ3n) is 3.84. The Morgan fingerprint density at radius 3 is 2.74 bits per heavy atom. The van der Waals surface area contributed by atoms with E-state index in [4.69, 9.17) is 0 Å². The number of hydrogen-bond acceptors (Lipinski definition) is 6. The normalized spacial score (nSPS) is 10.4. The smallest absolute Gasteiger partial charge is 0.271 e. The standard InChI is InChI=1S/C19H18N4O3S/c1-13-5-3-7-17(9-13)22(14(2)24)19-21-16(12-27-19)11-20-15-6-4-8-18(10-15)23(25)26/h3-10,12,20H,11H2,1-2H3. The number of amides is 1. The van der Waals surface area contributed by atoms with Gasteiger partial charge in [-0.1, -0.05) is 18.2 Å². The molecule has 2 aromatic carbocycles. The van der Waals surface area contributed by atoms with Gasteiger partial charge < -0.3 is 5.32 Å². The Bertz CT molecular complexity index is 986. The van der Waals surface area contributed by atoms with Gasteiger partial charge in [0.25, 0.3) is 5.69 Å². The number of rotatable bonds is 6. The largest absolute Gasteiger partial charge is 0.379 e. The van der Waals surface area contributed by atoms with Crippen LogP contribution in [0.4, 0.5) is 22.2 Å². The molecular formula is C19H18N4O3S. The van der Waals surface area contributed by atoms with Gasteiger partial charge in [-0.2, -0.15) is 0 Å². The van der Waals surface area contributed by atoms with E-state index in [0.29, 0.717) is 17.4 Å². The van der Waals surface area contributed by atoms with Crippen molar-refractivity contribution in [2.24, 2.45) is 0 Å². The van der Waals surface area contributed by atoms with Crippen LogP contribution in [0.2, 0.25) is 0 Å². The quantitative estimate of drug-likeness (QED) is 0.495. The minimum absolute atomic E-state index is 0.0289. The van der Waals surface area contributed by atoms with Crippen molar-refractivity contribution in [3.05, 3.63) is 75.3 Å². The Morgan fingerprint density at radius 2 is 2.04 bits per heavy atom. The summed E-state index contributed by atoms with van der Waals surface area (Å²) in [5.74, 6) is -0.117. The lowest BCUT2D eigenvalue weighted by Gasteiger charge is -2.18. The van der Waals surface area contributed by atoms with Crippen molar-refractivity contribution in [2.45, 2.75) is 20.4 Å². The Kier molecular flexibility index (Phi) is 5.46. The fourth-order valence-corrected chi connectivity index (χ4v) is 3.48. The highest BCUT2D eigenvalue weighted by molar-refractivity contribution is 7.14. The van der Waals surface area contributed by atoms with E-state index in [2.05, 4.69) is 10.3 Å². The number of nitro groups is 1. The Morgan fingerprint density at radius 1 is 1.26 bits per heavy atom. The van der Waals surface area contributed by atoms with Gasteiger partial charge >= 0.3 is 0 Å². The molecule has 3 rings (SSSR count). The molecule has 0 spiro atoms. The Labute approximate surface area is 160 Å². The predicted molar refractivity (Wildman–Crippen MR) is 107 cm³/mol. The molecule has 1 aromatic heterocycles. The first-order valence-corrected chi connectivity index (χ1v) is 9.12. The number of hydrogen-bond donors (Lipinski definition) is 1. The second kappa shape index (κ2) is 7.96. The van der Waals surface area contributed by atoms with Crippen LogP contribution in [0, 0.1) is 17.0 Å². The van der Waals surface area contributed by atoms with E-state index in [1.807, 2.05) is 36.6 Å². The van der Waals surface area contributed by atoms with Gasteiger partial charge in [0.15, 0.2) is 5.13 Å². The van der Waals surface area contributed by atoms with Crippen molar-refractivity contribution in [3.8, 4) is 0 Å². The molecule has 0 saturated carbocycles. The molecule has 0 bridgehead atoms. The van der Waals surface area contributed by atoms with Crippen molar-refractivity contribution < 1.29 is 9.72 Å². The first-order chi connectivity index (χ1) is 12.9. The van der Waals surface area contributed by atoms with Gasteiger partial charge in [0.2, 0.25) is 5.91 Å². The number of non-ortho nitro benzene ring substituents is 1. The van der Waals surface area contributed by atoms with Gasteiger partial charge in [0.05, 0.1) is 22.8 Å². The van der Waals surface area contributed by atoms with Gasteiger partial charge in [-0.05, 0) is 30.7 Å². The molecule has 138 valence electrons. The zero-order valence-electron chi connectivity index (χ0n) is 14.9. The molecule has 8 heteroatoms. The fourth-order valence-electron chi connectivity index (χ4n) is 2.60. The van der Waals surface area contributed by atoms with E-state index in [1.165, 1.54) is 30.4 Å². The minimum atomic E-state index is -0.432. The number of aromatic nitrogens is 1. The second-order valence-corrected chi connectivity index (χ2v) is 6.81. The number of nitrogens with zero attached hydrogens (tertiary/aromatic N) is 3. The van der Waals surface area contributed by atoms with Crippen LogP contribution in [0.3, 0.4) is 0 Å². The van der Waals surface area contributed by atoms with Gasteiger partial charge in [-0.15, -0.1) is 11.3 Å². The highest BCUT2D eigenvalue weighted by Crippen LogP contribution is 2.29. The van der Waals surface area contributed by atoms with Gasteiger partial charge in [0.1, 0.15) is 0 Å². The molecule has 0 saturated heterocycles. The van der Waals surface area contributed by atoms with Crippen LogP contribution in [-0.4, -0.2) is 15.8 Å². The number of nitro benzene ring substituents is 1. The molecular weight excluding hydrogens is 364 g/mol. The van der Waals surface area contributed by atoms with E-state index >= 15 is 0 Å². The lowest BCUT2D eigenvalue weighted by molar-refractivity contribution is -0.384. The Balaban J connectivity index is 1.76. The average molecular weight is 382 g/mol. The van der Waals surface area contributed by atoms with Gasteiger partial charge in [-0.3, -0.25) is 19.8 Å². The van der Waals surface area contributed by atoms with Gasteiger partial charge in [0, 0.05) is 30.1 Å². The first kappa shape index (κ1) is 18.5. The fraction of sp³-hybridized carbons (Fsp3) is 0.158. The monoisotopic (exact) mass is 382 g/mol. The van der Waals surface area contributed by atoms with Crippen LogP contribution in [0.15, 0.2) is 53.9 Å². The van der Waals surface area contributed by atoms with E-state index in [-0.39, 0.29) is 11.6 Å². The van der Waals surface area contributed by atoms with E-state index in [9.17, 15) is 14.9 Å². The van der Waals surface area contributed by atoms with Crippen LogP contribution in [0.25, 0.3) is 0 Å². The summed E-state index contributed by atoms with van der Waals surface area (Å²) in [4.78, 5) is 28.7. The summed E-state index contributed by atoms with van der Waals surface area (Å²) in [5.41, 5.74) is 3.25. The maximum atomic E-state index is 12.2. The second-order valence-electron chi connectivity index (χ2n) is 5.98. The summed E-state index contributed by atoms with van der Waals surface area (Å²) < 4.78 is 0. The number of carbonyl (C=O) groups excluding carboxylic acids is 1. The topological polar surface area (TPSA) is 88.4 Å². The van der Waals surface area contributed by atoms with Crippen LogP contribution >= 0.6 is 11.3 Å². The van der Waals surface area contributed by atoms with Crippen molar-refractivity contribution in [2.75, 3.05) is 10.2 Å². The van der Waals surface area contributed by atoms with Gasteiger partial charge in [-0.25, -0.2) is 4.98 Å². The molecule has 0 fully saturated rings. The number of nitrogens with one attached hydrogen (secondary N) is 1. The molecule has 0 aliphatic heterocycles. The molecule has 1 amide bonds. The highest BCUT2D eigenvalue weighted by atomic mass is 32.1. The zero-order valence-corrected chi connectivity index (χ0v) is 15.7. The van der Waals surface area contributed by atoms with Crippen molar-refractivity contribution in [1.82, 2.24) is 4.98 Å². The Hall–Kier alpha value is -3.26. The molecule has 0 aliphatic rings. The summed E-state index contributed by atoms with van der Waals surface area (Å²) in [6.07, 6.45) is 0. The van der Waals surface area contributed by atoms with Crippen LogP contribution in [-0.2, 0) is 11.3 Å². The maximum absolute atomic E-state index is 12.2. The summed E-state index contributed by atoms with van der Waals surface area (Å²) >= 11 is 1.38.